The number of hydrogen-bond donors (Lipinski definition) is 1. The van der Waals surface area contributed by atoms with Crippen molar-refractivity contribution in [2.45, 2.75) is 18.4 Å². The lowest BCUT2D eigenvalue weighted by Crippen LogP contribution is -2.34. The highest BCUT2D eigenvalue weighted by Gasteiger charge is 2.34. The quantitative estimate of drug-likeness (QED) is 0.902. The molecule has 1 aliphatic heterocycles. The van der Waals surface area contributed by atoms with Gasteiger partial charge in [-0.25, -0.2) is 4.39 Å². The van der Waals surface area contributed by atoms with Gasteiger partial charge in [0.1, 0.15) is 5.82 Å². The molecule has 1 N–H and O–H groups in total. The number of halogens is 2. The molecule has 0 radical (unpaired) electrons. The lowest BCUT2D eigenvalue weighted by molar-refractivity contribution is 0.0521. The molecule has 1 aromatic rings. The van der Waals surface area contributed by atoms with Gasteiger partial charge in [-0.3, -0.25) is 0 Å². The van der Waals surface area contributed by atoms with E-state index in [-0.39, 0.29) is 5.82 Å². The molecule has 1 atom stereocenters. The second-order valence-corrected chi connectivity index (χ2v) is 5.39. The summed E-state index contributed by atoms with van der Waals surface area (Å²) in [6.45, 7) is 1.54. The summed E-state index contributed by atoms with van der Waals surface area (Å²) in [4.78, 5) is 2.09. The van der Waals surface area contributed by atoms with Crippen LogP contribution >= 0.6 is 15.9 Å². The van der Waals surface area contributed by atoms with Crippen molar-refractivity contribution in [1.82, 2.24) is 4.90 Å². The fourth-order valence-corrected chi connectivity index (χ4v) is 2.65. The first-order valence-corrected chi connectivity index (χ1v) is 6.13. The number of nitrogens with zero attached hydrogens (tertiary/aromatic N) is 1. The Morgan fingerprint density at radius 3 is 2.94 bits per heavy atom. The van der Waals surface area contributed by atoms with Crippen molar-refractivity contribution in [3.8, 4) is 0 Å². The van der Waals surface area contributed by atoms with Crippen LogP contribution in [0, 0.1) is 5.82 Å². The first-order chi connectivity index (χ1) is 7.50. The molecule has 88 valence electrons. The largest absolute Gasteiger partial charge is 0.388 e. The van der Waals surface area contributed by atoms with E-state index in [0.29, 0.717) is 17.4 Å². The molecule has 1 aliphatic rings. The van der Waals surface area contributed by atoms with Gasteiger partial charge in [-0.05, 0) is 41.0 Å². The molecule has 16 heavy (non-hydrogen) atoms. The van der Waals surface area contributed by atoms with E-state index in [1.54, 1.807) is 6.07 Å². The predicted octanol–water partition coefficient (Wildman–Crippen LogP) is 2.20. The standard InChI is InChI=1S/C12H15BrFNO/c1-15-6-5-12(16,8-15)7-9-3-2-4-10(14)11(9)13/h2-4,16H,5-8H2,1H3. The summed E-state index contributed by atoms with van der Waals surface area (Å²) in [6.07, 6.45) is 1.24. The highest BCUT2D eigenvalue weighted by molar-refractivity contribution is 9.10. The summed E-state index contributed by atoms with van der Waals surface area (Å²) in [7, 11) is 1.98. The summed E-state index contributed by atoms with van der Waals surface area (Å²) < 4.78 is 13.8. The summed E-state index contributed by atoms with van der Waals surface area (Å²) >= 11 is 3.23. The van der Waals surface area contributed by atoms with Crippen LogP contribution in [-0.4, -0.2) is 35.7 Å². The van der Waals surface area contributed by atoms with Gasteiger partial charge in [0.15, 0.2) is 0 Å². The summed E-state index contributed by atoms with van der Waals surface area (Å²) in [5, 5.41) is 10.3. The van der Waals surface area contributed by atoms with Crippen molar-refractivity contribution in [3.63, 3.8) is 0 Å². The van der Waals surface area contributed by atoms with E-state index >= 15 is 0 Å². The average molecular weight is 288 g/mol. The summed E-state index contributed by atoms with van der Waals surface area (Å²) in [5.41, 5.74) is 0.114. The molecule has 1 heterocycles. The molecule has 1 aromatic carbocycles. The van der Waals surface area contributed by atoms with E-state index in [2.05, 4.69) is 20.8 Å². The molecule has 2 rings (SSSR count). The fourth-order valence-electron chi connectivity index (χ4n) is 2.24. The summed E-state index contributed by atoms with van der Waals surface area (Å²) in [6, 6.07) is 4.94. The number of aliphatic hydroxyl groups is 1. The minimum atomic E-state index is -0.717. The van der Waals surface area contributed by atoms with Gasteiger partial charge in [-0.2, -0.15) is 0 Å². The number of benzene rings is 1. The normalized spacial score (nSPS) is 26.2. The van der Waals surface area contributed by atoms with Gasteiger partial charge >= 0.3 is 0 Å². The first kappa shape index (κ1) is 12.0. The number of rotatable bonds is 2. The Morgan fingerprint density at radius 1 is 1.56 bits per heavy atom. The van der Waals surface area contributed by atoms with Crippen LogP contribution in [0.1, 0.15) is 12.0 Å². The molecule has 0 saturated carbocycles. The van der Waals surface area contributed by atoms with E-state index in [0.717, 1.165) is 18.5 Å². The Bertz CT molecular complexity index is 399. The summed E-state index contributed by atoms with van der Waals surface area (Å²) in [5.74, 6) is -0.271. The van der Waals surface area contributed by atoms with Crippen LogP contribution in [-0.2, 0) is 6.42 Å². The molecule has 0 aliphatic carbocycles. The molecule has 4 heteroatoms. The maximum absolute atomic E-state index is 13.3. The molecular formula is C12H15BrFNO. The van der Waals surface area contributed by atoms with Crippen molar-refractivity contribution in [2.75, 3.05) is 20.1 Å². The Balaban J connectivity index is 2.18. The van der Waals surface area contributed by atoms with Crippen LogP contribution < -0.4 is 0 Å². The predicted molar refractivity (Wildman–Crippen MR) is 64.9 cm³/mol. The second kappa shape index (κ2) is 4.43. The minimum absolute atomic E-state index is 0.271. The second-order valence-electron chi connectivity index (χ2n) is 4.60. The van der Waals surface area contributed by atoms with Crippen molar-refractivity contribution < 1.29 is 9.50 Å². The van der Waals surface area contributed by atoms with Crippen molar-refractivity contribution in [1.29, 1.82) is 0 Å². The lowest BCUT2D eigenvalue weighted by Gasteiger charge is -2.23. The molecule has 2 nitrogen and oxygen atoms in total. The van der Waals surface area contributed by atoms with Crippen LogP contribution in [0.25, 0.3) is 0 Å². The maximum atomic E-state index is 13.3. The smallest absolute Gasteiger partial charge is 0.137 e. The van der Waals surface area contributed by atoms with Gasteiger partial charge in [0.2, 0.25) is 0 Å². The Labute approximate surface area is 103 Å². The Hall–Kier alpha value is -0.450. The third-order valence-corrected chi connectivity index (χ3v) is 3.96. The lowest BCUT2D eigenvalue weighted by atomic mass is 9.94. The van der Waals surface area contributed by atoms with Crippen molar-refractivity contribution in [3.05, 3.63) is 34.1 Å². The maximum Gasteiger partial charge on any atom is 0.137 e. The third-order valence-electron chi connectivity index (χ3n) is 3.07. The van der Waals surface area contributed by atoms with Crippen LogP contribution in [0.15, 0.2) is 22.7 Å². The SMILES string of the molecule is CN1CCC(O)(Cc2cccc(F)c2Br)C1. The van der Waals surface area contributed by atoms with E-state index in [1.807, 2.05) is 13.1 Å². The average Bonchev–Trinajstić information content (AvgIpc) is 2.54. The Morgan fingerprint density at radius 2 is 2.31 bits per heavy atom. The zero-order valence-electron chi connectivity index (χ0n) is 9.21. The van der Waals surface area contributed by atoms with Crippen LogP contribution in [0.2, 0.25) is 0 Å². The highest BCUT2D eigenvalue weighted by Crippen LogP contribution is 2.29. The van der Waals surface area contributed by atoms with E-state index in [9.17, 15) is 9.50 Å². The van der Waals surface area contributed by atoms with E-state index in [4.69, 9.17) is 0 Å². The highest BCUT2D eigenvalue weighted by atomic mass is 79.9. The topological polar surface area (TPSA) is 23.5 Å². The third kappa shape index (κ3) is 2.44. The van der Waals surface area contributed by atoms with Crippen LogP contribution in [0.3, 0.4) is 0 Å². The van der Waals surface area contributed by atoms with Gasteiger partial charge in [-0.15, -0.1) is 0 Å². The van der Waals surface area contributed by atoms with Gasteiger partial charge in [0.25, 0.3) is 0 Å². The zero-order valence-corrected chi connectivity index (χ0v) is 10.8. The number of likely N-dealkylation sites (N-methyl/N-ethyl adjacent to an activating group) is 1. The molecule has 1 unspecified atom stereocenters. The molecular weight excluding hydrogens is 273 g/mol. The van der Waals surface area contributed by atoms with Crippen LogP contribution in [0.4, 0.5) is 4.39 Å². The van der Waals surface area contributed by atoms with Gasteiger partial charge in [0, 0.05) is 19.5 Å². The van der Waals surface area contributed by atoms with Crippen LogP contribution in [0.5, 0.6) is 0 Å². The first-order valence-electron chi connectivity index (χ1n) is 5.34. The monoisotopic (exact) mass is 287 g/mol. The molecule has 0 bridgehead atoms. The van der Waals surface area contributed by atoms with Crippen molar-refractivity contribution >= 4 is 15.9 Å². The van der Waals surface area contributed by atoms with Gasteiger partial charge in [-0.1, -0.05) is 12.1 Å². The van der Waals surface area contributed by atoms with E-state index in [1.165, 1.54) is 6.07 Å². The molecule has 0 amide bonds. The van der Waals surface area contributed by atoms with Gasteiger partial charge < -0.3 is 10.0 Å². The number of β-amino-alcohol motifs (C(OH)–C–C–N with tert-alkyl or cyclic N) is 1. The zero-order chi connectivity index (χ0) is 11.8. The Kier molecular flexibility index (Phi) is 3.33. The van der Waals surface area contributed by atoms with E-state index < -0.39 is 5.60 Å². The number of hydrogen-bond acceptors (Lipinski definition) is 2. The fraction of sp³-hybridized carbons (Fsp3) is 0.500. The number of likely N-dealkylation sites (tertiary alicyclic amines) is 1. The van der Waals surface area contributed by atoms with Gasteiger partial charge in [0.05, 0.1) is 10.1 Å². The molecule has 0 spiro atoms. The molecule has 1 saturated heterocycles. The van der Waals surface area contributed by atoms with Crippen molar-refractivity contribution in [2.24, 2.45) is 0 Å². The molecule has 0 aromatic heterocycles. The molecule has 1 fully saturated rings. The minimum Gasteiger partial charge on any atom is -0.388 e.